The molecule has 0 bridgehead atoms. The molecule has 7 heteroatoms. The summed E-state index contributed by atoms with van der Waals surface area (Å²) in [7, 11) is 0. The van der Waals surface area contributed by atoms with E-state index in [2.05, 4.69) is 9.97 Å². The molecule has 0 atom stereocenters. The van der Waals surface area contributed by atoms with Crippen LogP contribution in [0.15, 0.2) is 29.9 Å². The van der Waals surface area contributed by atoms with Crippen LogP contribution in [0.1, 0.15) is 26.5 Å². The Morgan fingerprint density at radius 3 is 2.46 bits per heavy atom. The van der Waals surface area contributed by atoms with Gasteiger partial charge in [0.1, 0.15) is 5.01 Å². The molecule has 1 saturated heterocycles. The Morgan fingerprint density at radius 2 is 1.85 bits per heavy atom. The minimum absolute atomic E-state index is 0.0656. The lowest BCUT2D eigenvalue weighted by molar-refractivity contribution is -0.144. The molecule has 1 aliphatic heterocycles. The summed E-state index contributed by atoms with van der Waals surface area (Å²) >= 11 is 1.52. The number of amides is 2. The van der Waals surface area contributed by atoms with Crippen LogP contribution in [0.3, 0.4) is 0 Å². The SMILES string of the molecule is CC(C)(C)C(=O)N1CCN(C(=O)Cc2csc(-c3cccnc3)n2)CC1. The van der Waals surface area contributed by atoms with E-state index in [4.69, 9.17) is 0 Å². The van der Waals surface area contributed by atoms with Gasteiger partial charge in [-0.25, -0.2) is 4.98 Å². The van der Waals surface area contributed by atoms with E-state index in [1.54, 1.807) is 12.4 Å². The van der Waals surface area contributed by atoms with E-state index >= 15 is 0 Å². The monoisotopic (exact) mass is 372 g/mol. The third-order valence-electron chi connectivity index (χ3n) is 4.35. The number of carbonyl (C=O) groups excluding carboxylic acids is 2. The predicted octanol–water partition coefficient (Wildman–Crippen LogP) is 2.46. The number of rotatable bonds is 3. The summed E-state index contributed by atoms with van der Waals surface area (Å²) in [5.41, 5.74) is 1.37. The van der Waals surface area contributed by atoms with Crippen LogP contribution >= 0.6 is 11.3 Å². The molecule has 1 aliphatic rings. The summed E-state index contributed by atoms with van der Waals surface area (Å²) in [6.07, 6.45) is 3.80. The zero-order chi connectivity index (χ0) is 18.7. The Kier molecular flexibility index (Phi) is 5.36. The van der Waals surface area contributed by atoms with Crippen LogP contribution in [0.25, 0.3) is 10.6 Å². The van der Waals surface area contributed by atoms with Gasteiger partial charge in [0.2, 0.25) is 11.8 Å². The molecule has 6 nitrogen and oxygen atoms in total. The fourth-order valence-corrected chi connectivity index (χ4v) is 3.72. The van der Waals surface area contributed by atoms with Gasteiger partial charge in [-0.3, -0.25) is 14.6 Å². The van der Waals surface area contributed by atoms with Crippen LogP contribution in [0.4, 0.5) is 0 Å². The molecule has 0 radical (unpaired) electrons. The normalized spacial score (nSPS) is 15.2. The maximum Gasteiger partial charge on any atom is 0.228 e. The number of piperazine rings is 1. The largest absolute Gasteiger partial charge is 0.339 e. The van der Waals surface area contributed by atoms with E-state index in [1.165, 1.54) is 11.3 Å². The van der Waals surface area contributed by atoms with Crippen LogP contribution < -0.4 is 0 Å². The zero-order valence-electron chi connectivity index (χ0n) is 15.4. The maximum atomic E-state index is 12.6. The molecule has 0 aliphatic carbocycles. The molecule has 3 rings (SSSR count). The van der Waals surface area contributed by atoms with Gasteiger partial charge in [0.15, 0.2) is 0 Å². The van der Waals surface area contributed by atoms with Crippen LogP contribution in [0, 0.1) is 5.41 Å². The van der Waals surface area contributed by atoms with Crippen LogP contribution in [0.2, 0.25) is 0 Å². The summed E-state index contributed by atoms with van der Waals surface area (Å²) in [5.74, 6) is 0.209. The van der Waals surface area contributed by atoms with Gasteiger partial charge in [0, 0.05) is 54.9 Å². The van der Waals surface area contributed by atoms with Gasteiger partial charge in [-0.15, -0.1) is 11.3 Å². The highest BCUT2D eigenvalue weighted by molar-refractivity contribution is 7.13. The molecule has 2 amide bonds. The minimum atomic E-state index is -0.379. The zero-order valence-corrected chi connectivity index (χ0v) is 16.3. The van der Waals surface area contributed by atoms with Gasteiger partial charge < -0.3 is 9.80 Å². The highest BCUT2D eigenvalue weighted by Crippen LogP contribution is 2.23. The van der Waals surface area contributed by atoms with E-state index in [-0.39, 0.29) is 17.2 Å². The first-order valence-corrected chi connectivity index (χ1v) is 9.64. The summed E-state index contributed by atoms with van der Waals surface area (Å²) < 4.78 is 0. The molecule has 2 aromatic heterocycles. The third kappa shape index (κ3) is 4.27. The fraction of sp³-hybridized carbons (Fsp3) is 0.474. The number of nitrogens with zero attached hydrogens (tertiary/aromatic N) is 4. The molecule has 26 heavy (non-hydrogen) atoms. The van der Waals surface area contributed by atoms with Gasteiger partial charge in [0.25, 0.3) is 0 Å². The molecule has 138 valence electrons. The standard InChI is InChI=1S/C19H24N4O2S/c1-19(2,3)18(25)23-9-7-22(8-10-23)16(24)11-15-13-26-17(21-15)14-5-4-6-20-12-14/h4-6,12-13H,7-11H2,1-3H3. The summed E-state index contributed by atoms with van der Waals surface area (Å²) in [6.45, 7) is 8.14. The molecular formula is C19H24N4O2S. The van der Waals surface area contributed by atoms with Gasteiger partial charge in [-0.1, -0.05) is 20.8 Å². The molecule has 1 fully saturated rings. The summed E-state index contributed by atoms with van der Waals surface area (Å²) in [4.78, 5) is 37.2. The topological polar surface area (TPSA) is 66.4 Å². The Hall–Kier alpha value is -2.28. The van der Waals surface area contributed by atoms with E-state index < -0.39 is 0 Å². The molecule has 0 aromatic carbocycles. The van der Waals surface area contributed by atoms with Crippen molar-refractivity contribution >= 4 is 23.2 Å². The third-order valence-corrected chi connectivity index (χ3v) is 5.29. The first-order valence-electron chi connectivity index (χ1n) is 8.76. The molecular weight excluding hydrogens is 348 g/mol. The summed E-state index contributed by atoms with van der Waals surface area (Å²) in [6, 6.07) is 3.84. The lowest BCUT2D eigenvalue weighted by Gasteiger charge is -2.37. The molecule has 0 unspecified atom stereocenters. The van der Waals surface area contributed by atoms with E-state index in [0.29, 0.717) is 32.6 Å². The second kappa shape index (κ2) is 7.53. The van der Waals surface area contributed by atoms with Crippen LogP contribution in [-0.2, 0) is 16.0 Å². The van der Waals surface area contributed by atoms with Gasteiger partial charge in [-0.05, 0) is 12.1 Å². The Morgan fingerprint density at radius 1 is 1.15 bits per heavy atom. The van der Waals surface area contributed by atoms with E-state index in [0.717, 1.165) is 16.3 Å². The molecule has 0 saturated carbocycles. The van der Waals surface area contributed by atoms with Gasteiger partial charge in [-0.2, -0.15) is 0 Å². The van der Waals surface area contributed by atoms with Crippen molar-refractivity contribution in [2.45, 2.75) is 27.2 Å². The second-order valence-corrected chi connectivity index (χ2v) is 8.34. The average Bonchev–Trinajstić information content (AvgIpc) is 3.09. The van der Waals surface area contributed by atoms with Crippen molar-refractivity contribution in [3.05, 3.63) is 35.6 Å². The number of aromatic nitrogens is 2. The van der Waals surface area contributed by atoms with Crippen molar-refractivity contribution in [1.29, 1.82) is 0 Å². The average molecular weight is 372 g/mol. The second-order valence-electron chi connectivity index (χ2n) is 7.49. The number of hydrogen-bond donors (Lipinski definition) is 0. The van der Waals surface area contributed by atoms with Crippen molar-refractivity contribution < 1.29 is 9.59 Å². The number of hydrogen-bond acceptors (Lipinski definition) is 5. The quantitative estimate of drug-likeness (QED) is 0.830. The first kappa shape index (κ1) is 18.5. The fourth-order valence-electron chi connectivity index (χ4n) is 2.91. The minimum Gasteiger partial charge on any atom is -0.339 e. The number of carbonyl (C=O) groups is 2. The summed E-state index contributed by atoms with van der Waals surface area (Å²) in [5, 5.41) is 2.81. The van der Waals surface area contributed by atoms with Crippen LogP contribution in [-0.4, -0.2) is 57.8 Å². The molecule has 2 aromatic rings. The van der Waals surface area contributed by atoms with Gasteiger partial charge >= 0.3 is 0 Å². The first-order chi connectivity index (χ1) is 12.3. The lowest BCUT2D eigenvalue weighted by Crippen LogP contribution is -2.53. The Bertz CT molecular complexity index is 774. The lowest BCUT2D eigenvalue weighted by atomic mass is 9.94. The van der Waals surface area contributed by atoms with Crippen molar-refractivity contribution in [1.82, 2.24) is 19.8 Å². The number of pyridine rings is 1. The van der Waals surface area contributed by atoms with E-state index in [1.807, 2.05) is 48.1 Å². The van der Waals surface area contributed by atoms with Gasteiger partial charge in [0.05, 0.1) is 12.1 Å². The smallest absolute Gasteiger partial charge is 0.228 e. The van der Waals surface area contributed by atoms with Crippen LogP contribution in [0.5, 0.6) is 0 Å². The molecule has 3 heterocycles. The molecule has 0 spiro atoms. The van der Waals surface area contributed by atoms with Crippen molar-refractivity contribution in [2.75, 3.05) is 26.2 Å². The Labute approximate surface area is 157 Å². The Balaban J connectivity index is 1.55. The van der Waals surface area contributed by atoms with Crippen molar-refractivity contribution in [3.63, 3.8) is 0 Å². The number of thiazole rings is 1. The van der Waals surface area contributed by atoms with Crippen molar-refractivity contribution in [2.24, 2.45) is 5.41 Å². The highest BCUT2D eigenvalue weighted by Gasteiger charge is 2.30. The molecule has 0 N–H and O–H groups in total. The predicted molar refractivity (Wildman–Crippen MR) is 102 cm³/mol. The highest BCUT2D eigenvalue weighted by atomic mass is 32.1. The van der Waals surface area contributed by atoms with E-state index in [9.17, 15) is 9.59 Å². The maximum absolute atomic E-state index is 12.6. The van der Waals surface area contributed by atoms with Crippen molar-refractivity contribution in [3.8, 4) is 10.6 Å².